The van der Waals surface area contributed by atoms with E-state index in [1.165, 1.54) is 14.0 Å². The molecule has 0 aromatic heterocycles. The summed E-state index contributed by atoms with van der Waals surface area (Å²) in [5, 5.41) is 5.14. The highest BCUT2D eigenvalue weighted by atomic mass is 16.5. The molecule has 9 nitrogen and oxygen atoms in total. The highest BCUT2D eigenvalue weighted by Crippen LogP contribution is 2.20. The summed E-state index contributed by atoms with van der Waals surface area (Å²) >= 11 is 0. The number of nitrogens with zero attached hydrogens (tertiary/aromatic N) is 1. The summed E-state index contributed by atoms with van der Waals surface area (Å²) < 4.78 is 10.1. The molecule has 2 rings (SSSR count). The van der Waals surface area contributed by atoms with E-state index in [0.29, 0.717) is 17.9 Å². The molecule has 0 unspecified atom stereocenters. The van der Waals surface area contributed by atoms with Gasteiger partial charge in [-0.25, -0.2) is 4.79 Å². The Morgan fingerprint density at radius 2 is 1.89 bits per heavy atom. The number of imide groups is 1. The molecular formula is C18H23N3O6. The van der Waals surface area contributed by atoms with E-state index in [1.807, 2.05) is 0 Å². The number of urea groups is 1. The second kappa shape index (κ2) is 8.07. The summed E-state index contributed by atoms with van der Waals surface area (Å²) in [6.07, 6.45) is -0.706. The lowest BCUT2D eigenvalue weighted by Gasteiger charge is -2.19. The van der Waals surface area contributed by atoms with E-state index in [1.54, 1.807) is 38.1 Å². The summed E-state index contributed by atoms with van der Waals surface area (Å²) in [6, 6.07) is 5.98. The maximum atomic E-state index is 12.3. The highest BCUT2D eigenvalue weighted by molar-refractivity contribution is 6.08. The molecule has 9 heteroatoms. The quantitative estimate of drug-likeness (QED) is 0.547. The Kier molecular flexibility index (Phi) is 6.04. The number of ether oxygens (including phenoxy) is 2. The van der Waals surface area contributed by atoms with Crippen LogP contribution in [0.3, 0.4) is 0 Å². The van der Waals surface area contributed by atoms with Crippen molar-refractivity contribution in [1.29, 1.82) is 0 Å². The van der Waals surface area contributed by atoms with Crippen molar-refractivity contribution in [2.24, 2.45) is 0 Å². The zero-order chi connectivity index (χ0) is 20.2. The molecule has 0 spiro atoms. The lowest BCUT2D eigenvalue weighted by Crippen LogP contribution is -2.44. The van der Waals surface area contributed by atoms with Crippen LogP contribution in [0.15, 0.2) is 24.3 Å². The Morgan fingerprint density at radius 3 is 2.41 bits per heavy atom. The van der Waals surface area contributed by atoms with Crippen LogP contribution in [0.25, 0.3) is 0 Å². The van der Waals surface area contributed by atoms with Gasteiger partial charge in [-0.1, -0.05) is 6.92 Å². The van der Waals surface area contributed by atoms with Crippen LogP contribution < -0.4 is 15.4 Å². The fraction of sp³-hybridized carbons (Fsp3) is 0.444. The van der Waals surface area contributed by atoms with Gasteiger partial charge in [-0.15, -0.1) is 0 Å². The van der Waals surface area contributed by atoms with Gasteiger partial charge in [0.05, 0.1) is 7.11 Å². The third-order valence-corrected chi connectivity index (χ3v) is 4.37. The maximum Gasteiger partial charge on any atom is 0.327 e. The molecule has 0 radical (unpaired) electrons. The molecule has 2 atom stereocenters. The Hall–Kier alpha value is -3.10. The van der Waals surface area contributed by atoms with Crippen LogP contribution in [0, 0.1) is 0 Å². The lowest BCUT2D eigenvalue weighted by molar-refractivity contribution is -0.155. The predicted molar refractivity (Wildman–Crippen MR) is 96.1 cm³/mol. The predicted octanol–water partition coefficient (Wildman–Crippen LogP) is 1.29. The first-order valence-electron chi connectivity index (χ1n) is 8.48. The smallest absolute Gasteiger partial charge is 0.327 e. The molecule has 1 aromatic rings. The molecule has 2 N–H and O–H groups in total. The van der Waals surface area contributed by atoms with Crippen LogP contribution in [0.1, 0.15) is 27.2 Å². The summed E-state index contributed by atoms with van der Waals surface area (Å²) in [5.74, 6) is -1.25. The molecule has 0 bridgehead atoms. The maximum absolute atomic E-state index is 12.3. The van der Waals surface area contributed by atoms with Gasteiger partial charge in [0.1, 0.15) is 17.8 Å². The molecule has 0 aliphatic carbocycles. The number of esters is 1. The third-order valence-electron chi connectivity index (χ3n) is 4.37. The summed E-state index contributed by atoms with van der Waals surface area (Å²) in [5.41, 5.74) is -0.522. The van der Waals surface area contributed by atoms with Crippen LogP contribution in [-0.4, -0.2) is 54.0 Å². The minimum atomic E-state index is -1.10. The monoisotopic (exact) mass is 377 g/mol. The van der Waals surface area contributed by atoms with Crippen molar-refractivity contribution in [2.75, 3.05) is 19.0 Å². The molecule has 1 fully saturated rings. The molecule has 1 aliphatic heterocycles. The van der Waals surface area contributed by atoms with Gasteiger partial charge in [-0.3, -0.25) is 19.3 Å². The van der Waals surface area contributed by atoms with Crippen molar-refractivity contribution in [1.82, 2.24) is 10.2 Å². The van der Waals surface area contributed by atoms with Crippen molar-refractivity contribution in [3.05, 3.63) is 24.3 Å². The van der Waals surface area contributed by atoms with Crippen molar-refractivity contribution >= 4 is 29.5 Å². The van der Waals surface area contributed by atoms with Crippen molar-refractivity contribution in [3.8, 4) is 5.75 Å². The van der Waals surface area contributed by atoms with Crippen LogP contribution >= 0.6 is 0 Å². The first-order valence-corrected chi connectivity index (χ1v) is 8.48. The topological polar surface area (TPSA) is 114 Å². The Labute approximate surface area is 157 Å². The molecule has 146 valence electrons. The number of benzene rings is 1. The van der Waals surface area contributed by atoms with Gasteiger partial charge >= 0.3 is 12.0 Å². The summed E-state index contributed by atoms with van der Waals surface area (Å²) in [6.45, 7) is 4.19. The molecule has 27 heavy (non-hydrogen) atoms. The van der Waals surface area contributed by atoms with Gasteiger partial charge in [0.15, 0.2) is 6.10 Å². The fourth-order valence-electron chi connectivity index (χ4n) is 2.47. The van der Waals surface area contributed by atoms with Gasteiger partial charge in [-0.2, -0.15) is 0 Å². The Bertz CT molecular complexity index is 748. The van der Waals surface area contributed by atoms with Gasteiger partial charge in [0.25, 0.3) is 11.8 Å². The lowest BCUT2D eigenvalue weighted by atomic mass is 9.99. The summed E-state index contributed by atoms with van der Waals surface area (Å²) in [4.78, 5) is 49.1. The molecule has 1 aromatic carbocycles. The summed E-state index contributed by atoms with van der Waals surface area (Å²) in [7, 11) is 1.53. The van der Waals surface area contributed by atoms with E-state index in [4.69, 9.17) is 9.47 Å². The van der Waals surface area contributed by atoms with E-state index in [0.717, 1.165) is 4.90 Å². The van der Waals surface area contributed by atoms with Crippen LogP contribution in [0.4, 0.5) is 10.5 Å². The van der Waals surface area contributed by atoms with E-state index < -0.39 is 42.0 Å². The standard InChI is InChI=1S/C18H23N3O6/c1-5-18(3)16(24)21(17(25)20-18)10-14(22)27-11(2)15(23)19-12-6-8-13(26-4)9-7-12/h6-9,11H,5,10H2,1-4H3,(H,19,23)(H,20,25)/t11-,18-/m1/s1. The largest absolute Gasteiger partial charge is 0.497 e. The van der Waals surface area contributed by atoms with Crippen molar-refractivity contribution in [3.63, 3.8) is 0 Å². The van der Waals surface area contributed by atoms with Gasteiger partial charge in [-0.05, 0) is 44.5 Å². The minimum absolute atomic E-state index is 0.393. The zero-order valence-corrected chi connectivity index (χ0v) is 15.7. The minimum Gasteiger partial charge on any atom is -0.497 e. The average Bonchev–Trinajstić information content (AvgIpc) is 2.86. The number of hydrogen-bond acceptors (Lipinski definition) is 6. The van der Waals surface area contributed by atoms with Gasteiger partial charge < -0.3 is 20.1 Å². The normalized spacial score (nSPS) is 20.1. The van der Waals surface area contributed by atoms with E-state index >= 15 is 0 Å². The Morgan fingerprint density at radius 1 is 1.26 bits per heavy atom. The van der Waals surface area contributed by atoms with Crippen LogP contribution in [0.2, 0.25) is 0 Å². The van der Waals surface area contributed by atoms with Gasteiger partial charge in [0, 0.05) is 5.69 Å². The van der Waals surface area contributed by atoms with Crippen molar-refractivity contribution in [2.45, 2.75) is 38.8 Å². The number of carbonyl (C=O) groups is 4. The zero-order valence-electron chi connectivity index (χ0n) is 15.7. The number of anilines is 1. The molecular weight excluding hydrogens is 354 g/mol. The first kappa shape index (κ1) is 20.2. The fourth-order valence-corrected chi connectivity index (χ4v) is 2.47. The first-order chi connectivity index (χ1) is 12.7. The number of carbonyl (C=O) groups excluding carboxylic acids is 4. The molecule has 1 heterocycles. The second-order valence-electron chi connectivity index (χ2n) is 6.36. The third kappa shape index (κ3) is 4.55. The molecule has 0 saturated carbocycles. The highest BCUT2D eigenvalue weighted by Gasteiger charge is 2.47. The number of amides is 4. The molecule has 1 aliphatic rings. The molecule has 1 saturated heterocycles. The van der Waals surface area contributed by atoms with Crippen LogP contribution in [0.5, 0.6) is 5.75 Å². The van der Waals surface area contributed by atoms with E-state index in [2.05, 4.69) is 10.6 Å². The van der Waals surface area contributed by atoms with Gasteiger partial charge in [0.2, 0.25) is 0 Å². The Balaban J connectivity index is 1.90. The van der Waals surface area contributed by atoms with E-state index in [9.17, 15) is 19.2 Å². The molecule has 4 amide bonds. The van der Waals surface area contributed by atoms with Crippen molar-refractivity contribution < 1.29 is 28.7 Å². The van der Waals surface area contributed by atoms with E-state index in [-0.39, 0.29) is 0 Å². The van der Waals surface area contributed by atoms with Crippen LogP contribution in [-0.2, 0) is 19.1 Å². The number of methoxy groups -OCH3 is 1. The number of rotatable bonds is 7. The number of nitrogens with one attached hydrogen (secondary N) is 2. The second-order valence-corrected chi connectivity index (χ2v) is 6.36. The number of hydrogen-bond donors (Lipinski definition) is 2. The average molecular weight is 377 g/mol. The SMILES string of the molecule is CC[C@@]1(C)NC(=O)N(CC(=O)O[C@H](C)C(=O)Nc2ccc(OC)cc2)C1=O.